The van der Waals surface area contributed by atoms with E-state index in [4.69, 9.17) is 26.5 Å². The Kier molecular flexibility index (Phi) is 9.57. The number of hydrogen-bond acceptors (Lipinski definition) is 4. The van der Waals surface area contributed by atoms with E-state index < -0.39 is 0 Å². The minimum atomic E-state index is -0.279. The lowest BCUT2D eigenvalue weighted by Gasteiger charge is -2.56. The zero-order valence-corrected chi connectivity index (χ0v) is 26.3. The third-order valence-electron chi connectivity index (χ3n) is 10.4. The van der Waals surface area contributed by atoms with Gasteiger partial charge in [-0.1, -0.05) is 101 Å². The first-order chi connectivity index (χ1) is 20.5. The van der Waals surface area contributed by atoms with Crippen LogP contribution in [0, 0.1) is 17.8 Å². The molecule has 0 spiro atoms. The van der Waals surface area contributed by atoms with Gasteiger partial charge in [-0.15, -0.1) is 9.73 Å². The molecule has 0 amide bonds. The Morgan fingerprint density at radius 1 is 0.905 bits per heavy atom. The third-order valence-corrected chi connectivity index (χ3v) is 10.7. The molecule has 7 heteroatoms. The lowest BCUT2D eigenvalue weighted by atomic mass is 9.49. The van der Waals surface area contributed by atoms with Gasteiger partial charge in [0.2, 0.25) is 0 Å². The summed E-state index contributed by atoms with van der Waals surface area (Å²) < 4.78 is 7.27. The number of fused-ring (bicyclic) bond motifs is 1. The monoisotopic (exact) mass is 592 g/mol. The van der Waals surface area contributed by atoms with E-state index in [0.717, 1.165) is 47.5 Å². The van der Waals surface area contributed by atoms with Gasteiger partial charge >= 0.3 is 5.97 Å². The minimum absolute atomic E-state index is 0.123. The molecule has 6 nitrogen and oxygen atoms in total. The van der Waals surface area contributed by atoms with Gasteiger partial charge in [-0.2, -0.15) is 5.10 Å². The highest BCUT2D eigenvalue weighted by atomic mass is 35.5. The van der Waals surface area contributed by atoms with Crippen LogP contribution in [0.4, 0.5) is 0 Å². The van der Waals surface area contributed by atoms with Gasteiger partial charge in [-0.05, 0) is 74.8 Å². The zero-order valence-electron chi connectivity index (χ0n) is 25.5. The fraction of sp³-hybridized carbons (Fsp3) is 0.686. The van der Waals surface area contributed by atoms with Crippen LogP contribution >= 0.6 is 11.6 Å². The Morgan fingerprint density at radius 2 is 1.50 bits per heavy atom. The first-order valence-corrected chi connectivity index (χ1v) is 17.3. The Morgan fingerprint density at radius 3 is 2.10 bits per heavy atom. The van der Waals surface area contributed by atoms with E-state index in [0.29, 0.717) is 23.0 Å². The fourth-order valence-electron chi connectivity index (χ4n) is 8.65. The highest BCUT2D eigenvalue weighted by Crippen LogP contribution is 2.61. The number of hydrogen-bond donors (Lipinski definition) is 1. The van der Waals surface area contributed by atoms with Gasteiger partial charge in [0.15, 0.2) is 11.5 Å². The molecule has 4 aliphatic carbocycles. The molecular weight excluding hydrogens is 544 g/mol. The van der Waals surface area contributed by atoms with Gasteiger partial charge in [-0.25, -0.2) is 4.79 Å². The summed E-state index contributed by atoms with van der Waals surface area (Å²) >= 11 is 6.99. The molecule has 42 heavy (non-hydrogen) atoms. The van der Waals surface area contributed by atoms with Crippen molar-refractivity contribution in [1.29, 1.82) is 0 Å². The number of nitrogens with zero attached hydrogens (tertiary/aromatic N) is 3. The molecule has 0 radical (unpaired) electrons. The lowest BCUT2D eigenvalue weighted by Crippen LogP contribution is -2.48. The average molecular weight is 593 g/mol. The number of aromatic nitrogens is 4. The van der Waals surface area contributed by atoms with Crippen LogP contribution in [0.5, 0.6) is 0 Å². The van der Waals surface area contributed by atoms with Crippen LogP contribution in [0.3, 0.4) is 0 Å². The molecule has 1 aromatic carbocycles. The fourth-order valence-corrected chi connectivity index (χ4v) is 9.01. The van der Waals surface area contributed by atoms with Crippen molar-refractivity contribution >= 4 is 23.2 Å². The second-order valence-corrected chi connectivity index (χ2v) is 14.2. The normalized spacial score (nSPS) is 24.6. The number of esters is 1. The van der Waals surface area contributed by atoms with E-state index in [2.05, 4.69) is 11.9 Å². The first-order valence-electron chi connectivity index (χ1n) is 17.0. The Labute approximate surface area is 256 Å². The topological polar surface area (TPSA) is 72.3 Å². The summed E-state index contributed by atoms with van der Waals surface area (Å²) in [6.45, 7) is 2.74. The molecule has 7 rings (SSSR count). The molecule has 4 aliphatic rings. The largest absolute Gasteiger partial charge is 0.462 e. The number of H-pyrrole nitrogens is 1. The molecular formula is C35H49ClN4O2. The number of carbonyl (C=O) groups excluding carboxylic acids is 1. The molecule has 1 N–H and O–H groups in total. The third kappa shape index (κ3) is 6.59. The van der Waals surface area contributed by atoms with E-state index >= 15 is 0 Å². The smallest absolute Gasteiger partial charge is 0.338 e. The Balaban J connectivity index is 0.971. The Bertz CT molecular complexity index is 1310. The second-order valence-electron chi connectivity index (χ2n) is 13.8. The second kappa shape index (κ2) is 13.5. The maximum Gasteiger partial charge on any atom is 0.338 e. The molecule has 4 saturated carbocycles. The predicted octanol–water partition coefficient (Wildman–Crippen LogP) is 9.70. The van der Waals surface area contributed by atoms with Crippen LogP contribution in [0.15, 0.2) is 24.3 Å². The van der Waals surface area contributed by atoms with E-state index in [-0.39, 0.29) is 11.4 Å². The van der Waals surface area contributed by atoms with Gasteiger partial charge in [0.1, 0.15) is 5.02 Å². The molecule has 2 heterocycles. The van der Waals surface area contributed by atoms with Crippen molar-refractivity contribution in [2.75, 3.05) is 6.61 Å². The van der Waals surface area contributed by atoms with Crippen molar-refractivity contribution in [2.24, 2.45) is 17.8 Å². The van der Waals surface area contributed by atoms with Crippen molar-refractivity contribution < 1.29 is 9.53 Å². The molecule has 2 aromatic heterocycles. The summed E-state index contributed by atoms with van der Waals surface area (Å²) in [7, 11) is 0. The van der Waals surface area contributed by atoms with Crippen molar-refractivity contribution in [1.82, 2.24) is 19.8 Å². The quantitative estimate of drug-likeness (QED) is 0.133. The summed E-state index contributed by atoms with van der Waals surface area (Å²) in [5.74, 6) is 2.87. The summed E-state index contributed by atoms with van der Waals surface area (Å²) in [6, 6.07) is 7.48. The zero-order chi connectivity index (χ0) is 28.9. The molecule has 4 fully saturated rings. The number of unbranched alkanes of at least 4 members (excludes halogenated alkanes) is 11. The molecule has 228 valence electrons. The van der Waals surface area contributed by atoms with Crippen molar-refractivity contribution in [3.63, 3.8) is 0 Å². The van der Waals surface area contributed by atoms with E-state index in [9.17, 15) is 4.79 Å². The maximum atomic E-state index is 12.8. The van der Waals surface area contributed by atoms with Crippen LogP contribution in [-0.2, 0) is 10.2 Å². The van der Waals surface area contributed by atoms with Crippen molar-refractivity contribution in [3.8, 4) is 11.4 Å². The van der Waals surface area contributed by atoms with E-state index in [1.165, 1.54) is 103 Å². The van der Waals surface area contributed by atoms with Crippen LogP contribution in [0.1, 0.15) is 139 Å². The average Bonchev–Trinajstić information content (AvgIpc) is 3.54. The SMILES string of the molecule is CCCCCCCCCCCCCCOC(=O)c1cccc(-c2nn3nc(C45CC6CC(CC(C6)C4)C5)c(Cl)c3[nH]2)c1. The first kappa shape index (κ1) is 29.7. The van der Waals surface area contributed by atoms with Gasteiger partial charge in [0, 0.05) is 11.0 Å². The van der Waals surface area contributed by atoms with Crippen LogP contribution in [0.25, 0.3) is 17.0 Å². The molecule has 0 unspecified atom stereocenters. The molecule has 4 bridgehead atoms. The molecule has 3 aromatic rings. The van der Waals surface area contributed by atoms with Crippen molar-refractivity contribution in [3.05, 3.63) is 40.5 Å². The standard InChI is InChI=1S/C35H49ClN4O2/c1-2-3-4-5-6-7-8-9-10-11-12-13-17-42-34(41)29-16-14-15-28(21-29)32-37-33-30(36)31(38-40(33)39-32)35-22-25-18-26(23-35)20-27(19-25)24-35/h14-16,21,25-27H,2-13,17-20,22-24H2,1H3,(H,37,39). The number of nitrogens with one attached hydrogen (secondary N) is 1. The van der Waals surface area contributed by atoms with E-state index in [1.54, 1.807) is 10.7 Å². The van der Waals surface area contributed by atoms with E-state index in [1.807, 2.05) is 18.2 Å². The number of ether oxygens (including phenoxy) is 1. The van der Waals surface area contributed by atoms with Crippen LogP contribution < -0.4 is 0 Å². The lowest BCUT2D eigenvalue weighted by molar-refractivity contribution is -0.00732. The molecule has 0 saturated heterocycles. The number of carbonyl (C=O) groups is 1. The van der Waals surface area contributed by atoms with Gasteiger partial charge < -0.3 is 9.72 Å². The highest BCUT2D eigenvalue weighted by Gasteiger charge is 2.53. The number of halogens is 1. The highest BCUT2D eigenvalue weighted by molar-refractivity contribution is 6.34. The summed E-state index contributed by atoms with van der Waals surface area (Å²) in [4.78, 5) is 16.2. The van der Waals surface area contributed by atoms with Crippen LogP contribution in [-0.4, -0.2) is 32.4 Å². The maximum absolute atomic E-state index is 12.8. The summed E-state index contributed by atoms with van der Waals surface area (Å²) in [5.41, 5.74) is 3.28. The minimum Gasteiger partial charge on any atom is -0.462 e. The van der Waals surface area contributed by atoms with Gasteiger partial charge in [0.25, 0.3) is 0 Å². The number of aromatic amines is 1. The molecule has 0 aliphatic heterocycles. The van der Waals surface area contributed by atoms with Gasteiger partial charge in [-0.3, -0.25) is 0 Å². The van der Waals surface area contributed by atoms with Gasteiger partial charge in [0.05, 0.1) is 17.9 Å². The van der Waals surface area contributed by atoms with Crippen molar-refractivity contribution in [2.45, 2.75) is 128 Å². The van der Waals surface area contributed by atoms with Crippen LogP contribution in [0.2, 0.25) is 5.02 Å². The molecule has 0 atom stereocenters. The number of rotatable bonds is 16. The summed E-state index contributed by atoms with van der Waals surface area (Å²) in [5, 5.41) is 10.4. The number of benzene rings is 1. The summed E-state index contributed by atoms with van der Waals surface area (Å²) in [6.07, 6.45) is 23.3. The Hall–Kier alpha value is -2.34. The predicted molar refractivity (Wildman–Crippen MR) is 169 cm³/mol.